The van der Waals surface area contributed by atoms with Gasteiger partial charge in [0.25, 0.3) is 0 Å². The van der Waals surface area contributed by atoms with E-state index in [1.54, 1.807) is 13.0 Å². The fourth-order valence-corrected chi connectivity index (χ4v) is 4.24. The van der Waals surface area contributed by atoms with Crippen LogP contribution < -0.4 is 14.8 Å². The van der Waals surface area contributed by atoms with E-state index in [0.717, 1.165) is 25.7 Å². The Morgan fingerprint density at radius 2 is 2.23 bits per heavy atom. The van der Waals surface area contributed by atoms with Gasteiger partial charge in [0.15, 0.2) is 16.8 Å². The summed E-state index contributed by atoms with van der Waals surface area (Å²) in [6, 6.07) is 6.08. The first-order valence-electron chi connectivity index (χ1n) is 9.58. The van der Waals surface area contributed by atoms with Crippen LogP contribution >= 0.6 is 23.9 Å². The molecule has 1 aromatic heterocycles. The van der Waals surface area contributed by atoms with E-state index in [9.17, 15) is 13.9 Å². The van der Waals surface area contributed by atoms with E-state index in [4.69, 9.17) is 4.74 Å². The maximum Gasteiger partial charge on any atom is 0.219 e. The average Bonchev–Trinajstić information content (AvgIpc) is 2.73. The topological polar surface area (TPSA) is 82.5 Å². The zero-order valence-corrected chi connectivity index (χ0v) is 18.4. The number of anilines is 1. The molecule has 7 nitrogen and oxygen atoms in total. The summed E-state index contributed by atoms with van der Waals surface area (Å²) in [7, 11) is 0. The molecule has 0 bridgehead atoms. The van der Waals surface area contributed by atoms with Gasteiger partial charge in [-0.1, -0.05) is 23.9 Å². The van der Waals surface area contributed by atoms with Crippen LogP contribution in [0.3, 0.4) is 0 Å². The third kappa shape index (κ3) is 6.67. The average molecular weight is 458 g/mol. The van der Waals surface area contributed by atoms with Crippen molar-refractivity contribution < 1.29 is 18.6 Å². The number of aliphatic hydroxyl groups excluding tert-OH is 1. The van der Waals surface area contributed by atoms with Crippen LogP contribution in [0, 0.1) is 11.6 Å². The number of aromatic nitrogens is 2. The minimum Gasteiger partial charge on any atom is -0.475 e. The van der Waals surface area contributed by atoms with Crippen molar-refractivity contribution in [2.24, 2.45) is 0 Å². The minimum atomic E-state index is -0.882. The number of thioether (sulfide) groups is 1. The molecule has 30 heavy (non-hydrogen) atoms. The second kappa shape index (κ2) is 11.1. The molecule has 164 valence electrons. The number of rotatable bonds is 9. The van der Waals surface area contributed by atoms with E-state index in [0.29, 0.717) is 22.9 Å². The third-order valence-corrected chi connectivity index (χ3v) is 6.22. The lowest BCUT2D eigenvalue weighted by molar-refractivity contribution is 0.119. The normalized spacial score (nSPS) is 18.2. The van der Waals surface area contributed by atoms with Gasteiger partial charge < -0.3 is 19.9 Å². The third-order valence-electron chi connectivity index (χ3n) is 4.25. The molecule has 3 N–H and O–H groups in total. The van der Waals surface area contributed by atoms with E-state index in [1.165, 1.54) is 36.0 Å². The quantitative estimate of drug-likeness (QED) is 0.299. The Bertz CT molecular complexity index is 847. The molecule has 3 rings (SSSR count). The molecule has 2 atom stereocenters. The van der Waals surface area contributed by atoms with Crippen LogP contribution in [0.1, 0.15) is 19.4 Å². The van der Waals surface area contributed by atoms with Crippen molar-refractivity contribution >= 4 is 29.7 Å². The predicted octanol–water partition coefficient (Wildman–Crippen LogP) is 3.08. The molecule has 1 aliphatic heterocycles. The van der Waals surface area contributed by atoms with Crippen LogP contribution in [0.2, 0.25) is 0 Å². The number of piperazine rings is 1. The SMILES string of the molecule is CC1CNCCN1SNc1cc(OC[C@@H](C)O)nc(SCc2cccc(F)c2F)n1. The monoisotopic (exact) mass is 457 g/mol. The molecule has 1 saturated heterocycles. The Morgan fingerprint density at radius 1 is 1.40 bits per heavy atom. The van der Waals surface area contributed by atoms with Crippen molar-refractivity contribution in [3.63, 3.8) is 0 Å². The summed E-state index contributed by atoms with van der Waals surface area (Å²) in [5, 5.41) is 13.2. The van der Waals surface area contributed by atoms with Crippen molar-refractivity contribution in [2.75, 3.05) is 31.0 Å². The molecule has 0 amide bonds. The second-order valence-corrected chi connectivity index (χ2v) is 8.72. The number of halogens is 2. The molecule has 1 aromatic carbocycles. The summed E-state index contributed by atoms with van der Waals surface area (Å²) in [5.74, 6) is -0.752. The van der Waals surface area contributed by atoms with E-state index < -0.39 is 17.7 Å². The van der Waals surface area contributed by atoms with Gasteiger partial charge in [-0.05, 0) is 19.9 Å². The van der Waals surface area contributed by atoms with E-state index in [-0.39, 0.29) is 17.9 Å². The Morgan fingerprint density at radius 3 is 3.00 bits per heavy atom. The lowest BCUT2D eigenvalue weighted by Crippen LogP contribution is -2.46. The fraction of sp³-hybridized carbons (Fsp3) is 0.474. The Kier molecular flexibility index (Phi) is 8.51. The first-order chi connectivity index (χ1) is 14.4. The van der Waals surface area contributed by atoms with Crippen molar-refractivity contribution in [2.45, 2.75) is 36.9 Å². The molecule has 0 saturated carbocycles. The number of hydrogen-bond donors (Lipinski definition) is 3. The summed E-state index contributed by atoms with van der Waals surface area (Å²) in [6.45, 7) is 6.53. The largest absolute Gasteiger partial charge is 0.475 e. The maximum absolute atomic E-state index is 13.9. The summed E-state index contributed by atoms with van der Waals surface area (Å²) in [6.07, 6.45) is -0.648. The second-order valence-electron chi connectivity index (χ2n) is 6.92. The van der Waals surface area contributed by atoms with Gasteiger partial charge >= 0.3 is 0 Å². The molecule has 2 heterocycles. The van der Waals surface area contributed by atoms with E-state index in [2.05, 4.69) is 31.2 Å². The molecule has 1 fully saturated rings. The summed E-state index contributed by atoms with van der Waals surface area (Å²) >= 11 is 2.63. The Hall–Kier alpha value is -1.66. The molecular weight excluding hydrogens is 432 g/mol. The van der Waals surface area contributed by atoms with Gasteiger partial charge in [0.2, 0.25) is 5.88 Å². The highest BCUT2D eigenvalue weighted by molar-refractivity contribution is 7.98. The highest BCUT2D eigenvalue weighted by atomic mass is 32.2. The molecule has 0 aliphatic carbocycles. The zero-order chi connectivity index (χ0) is 21.5. The van der Waals surface area contributed by atoms with Crippen LogP contribution in [-0.2, 0) is 5.75 Å². The van der Waals surface area contributed by atoms with Crippen LogP contribution in [0.4, 0.5) is 14.6 Å². The van der Waals surface area contributed by atoms with Gasteiger partial charge in [-0.25, -0.2) is 18.1 Å². The van der Waals surface area contributed by atoms with Gasteiger partial charge in [-0.3, -0.25) is 0 Å². The number of nitrogens with one attached hydrogen (secondary N) is 2. The molecule has 2 aromatic rings. The number of hydrogen-bond acceptors (Lipinski definition) is 9. The number of benzene rings is 1. The van der Waals surface area contributed by atoms with Crippen molar-refractivity contribution in [3.05, 3.63) is 41.5 Å². The number of aliphatic hydroxyl groups is 1. The van der Waals surface area contributed by atoms with Crippen molar-refractivity contribution in [1.29, 1.82) is 0 Å². The lowest BCUT2D eigenvalue weighted by Gasteiger charge is -2.32. The van der Waals surface area contributed by atoms with Crippen molar-refractivity contribution in [3.8, 4) is 5.88 Å². The molecule has 1 aliphatic rings. The number of nitrogens with zero attached hydrogens (tertiary/aromatic N) is 3. The molecular formula is C19H25F2N5O2S2. The fourth-order valence-electron chi connectivity index (χ4n) is 2.67. The lowest BCUT2D eigenvalue weighted by atomic mass is 10.2. The summed E-state index contributed by atoms with van der Waals surface area (Å²) in [5.41, 5.74) is 0.234. The van der Waals surface area contributed by atoms with Crippen LogP contribution in [0.15, 0.2) is 29.4 Å². The maximum atomic E-state index is 13.9. The van der Waals surface area contributed by atoms with Crippen molar-refractivity contribution in [1.82, 2.24) is 19.6 Å². The molecule has 1 unspecified atom stereocenters. The van der Waals surface area contributed by atoms with E-state index in [1.807, 2.05) is 0 Å². The molecule has 0 spiro atoms. The first kappa shape index (κ1) is 23.0. The highest BCUT2D eigenvalue weighted by Gasteiger charge is 2.19. The Labute approximate surface area is 183 Å². The molecule has 0 radical (unpaired) electrons. The summed E-state index contributed by atoms with van der Waals surface area (Å²) in [4.78, 5) is 8.77. The molecule has 11 heteroatoms. The standard InChI is InChI=1S/C19H25F2N5O2S2/c1-12-9-22-6-7-26(12)30-25-16-8-17(28-10-13(2)27)24-19(23-16)29-11-14-4-3-5-15(20)18(14)21/h3-5,8,12-13,22,27H,6-7,9-11H2,1-2H3,(H,23,24,25)/t12?,13-/m1/s1. The minimum absolute atomic E-state index is 0.0844. The van der Waals surface area contributed by atoms with Gasteiger partial charge in [-0.15, -0.1) is 0 Å². The van der Waals surface area contributed by atoms with Gasteiger partial charge in [0.1, 0.15) is 12.4 Å². The van der Waals surface area contributed by atoms with Gasteiger partial charge in [0.05, 0.1) is 6.10 Å². The van der Waals surface area contributed by atoms with Gasteiger partial charge in [-0.2, -0.15) is 4.98 Å². The van der Waals surface area contributed by atoms with Gasteiger partial charge in [0, 0.05) is 55.2 Å². The smallest absolute Gasteiger partial charge is 0.219 e. The van der Waals surface area contributed by atoms with E-state index >= 15 is 0 Å². The predicted molar refractivity (Wildman–Crippen MR) is 115 cm³/mol. The Balaban J connectivity index is 1.71. The zero-order valence-electron chi connectivity index (χ0n) is 16.8. The van der Waals surface area contributed by atoms with Crippen LogP contribution in [-0.4, -0.2) is 57.8 Å². The van der Waals surface area contributed by atoms with Crippen LogP contribution in [0.25, 0.3) is 0 Å². The summed E-state index contributed by atoms with van der Waals surface area (Å²) < 4.78 is 38.3. The first-order valence-corrected chi connectivity index (χ1v) is 11.3. The van der Waals surface area contributed by atoms with Crippen LogP contribution in [0.5, 0.6) is 5.88 Å². The highest BCUT2D eigenvalue weighted by Crippen LogP contribution is 2.27. The number of ether oxygens (including phenoxy) is 1.